The normalized spacial score (nSPS) is 10.9. The summed E-state index contributed by atoms with van der Waals surface area (Å²) >= 11 is 0. The van der Waals surface area contributed by atoms with Gasteiger partial charge in [-0.3, -0.25) is 5.10 Å². The van der Waals surface area contributed by atoms with E-state index in [9.17, 15) is 4.39 Å². The van der Waals surface area contributed by atoms with Gasteiger partial charge in [0, 0.05) is 11.3 Å². The van der Waals surface area contributed by atoms with Gasteiger partial charge in [-0.15, -0.1) is 0 Å². The predicted molar refractivity (Wildman–Crippen MR) is 69.0 cm³/mol. The van der Waals surface area contributed by atoms with Crippen molar-refractivity contribution in [1.29, 1.82) is 0 Å². The number of aromatic amines is 1. The molecule has 1 aromatic carbocycles. The molecule has 2 aromatic rings. The van der Waals surface area contributed by atoms with Gasteiger partial charge >= 0.3 is 0 Å². The molecule has 3 N–H and O–H groups in total. The van der Waals surface area contributed by atoms with Crippen LogP contribution in [0.2, 0.25) is 0 Å². The first-order valence-electron chi connectivity index (χ1n) is 5.72. The SMILES string of the molecule is COc1ccc(F)cc1-c1c(N)n[nH]c1C(C)C. The smallest absolute Gasteiger partial charge is 0.153 e. The van der Waals surface area contributed by atoms with Crippen molar-refractivity contribution in [3.8, 4) is 16.9 Å². The van der Waals surface area contributed by atoms with E-state index in [1.165, 1.54) is 12.1 Å². The van der Waals surface area contributed by atoms with Gasteiger partial charge in [0.2, 0.25) is 0 Å². The second-order valence-electron chi connectivity index (χ2n) is 4.40. The first-order chi connectivity index (χ1) is 8.54. The Morgan fingerprint density at radius 3 is 2.72 bits per heavy atom. The van der Waals surface area contributed by atoms with Gasteiger partial charge in [0.1, 0.15) is 11.6 Å². The summed E-state index contributed by atoms with van der Waals surface area (Å²) in [5.74, 6) is 0.799. The molecule has 0 amide bonds. The molecule has 0 spiro atoms. The number of hydrogen-bond donors (Lipinski definition) is 2. The van der Waals surface area contributed by atoms with E-state index in [-0.39, 0.29) is 11.7 Å². The number of nitrogen functional groups attached to an aromatic ring is 1. The molecule has 0 aliphatic carbocycles. The maximum Gasteiger partial charge on any atom is 0.153 e. The van der Waals surface area contributed by atoms with Gasteiger partial charge in [0.05, 0.1) is 12.7 Å². The summed E-state index contributed by atoms with van der Waals surface area (Å²) in [5.41, 5.74) is 8.06. The van der Waals surface area contributed by atoms with Crippen molar-refractivity contribution in [1.82, 2.24) is 10.2 Å². The number of halogens is 1. The Hall–Kier alpha value is -2.04. The van der Waals surface area contributed by atoms with Crippen molar-refractivity contribution < 1.29 is 9.13 Å². The van der Waals surface area contributed by atoms with Crippen molar-refractivity contribution in [2.24, 2.45) is 0 Å². The first kappa shape index (κ1) is 12.4. The summed E-state index contributed by atoms with van der Waals surface area (Å²) in [5, 5.41) is 6.88. The summed E-state index contributed by atoms with van der Waals surface area (Å²) in [6.45, 7) is 4.03. The van der Waals surface area contributed by atoms with E-state index in [1.54, 1.807) is 13.2 Å². The van der Waals surface area contributed by atoms with Crippen LogP contribution in [0.5, 0.6) is 5.75 Å². The Morgan fingerprint density at radius 2 is 2.11 bits per heavy atom. The van der Waals surface area contributed by atoms with Gasteiger partial charge in [-0.1, -0.05) is 13.8 Å². The van der Waals surface area contributed by atoms with Crippen LogP contribution in [0, 0.1) is 5.82 Å². The molecular weight excluding hydrogens is 233 g/mol. The molecule has 0 fully saturated rings. The molecule has 0 atom stereocenters. The zero-order chi connectivity index (χ0) is 13.3. The minimum atomic E-state index is -0.332. The number of hydrogen-bond acceptors (Lipinski definition) is 3. The largest absolute Gasteiger partial charge is 0.496 e. The minimum absolute atomic E-state index is 0.206. The Kier molecular flexibility index (Phi) is 3.23. The molecule has 0 aliphatic heterocycles. The standard InChI is InChI=1S/C13H16FN3O/c1-7(2)12-11(13(15)17-16-12)9-6-8(14)4-5-10(9)18-3/h4-7H,1-3H3,(H3,15,16,17). The van der Waals surface area contributed by atoms with Gasteiger partial charge in [-0.2, -0.15) is 5.10 Å². The number of benzene rings is 1. The first-order valence-corrected chi connectivity index (χ1v) is 5.72. The average molecular weight is 249 g/mol. The van der Waals surface area contributed by atoms with Crippen molar-refractivity contribution in [3.63, 3.8) is 0 Å². The molecule has 4 nitrogen and oxygen atoms in total. The maximum atomic E-state index is 13.4. The number of nitrogens with two attached hydrogens (primary N) is 1. The second-order valence-corrected chi connectivity index (χ2v) is 4.40. The molecule has 18 heavy (non-hydrogen) atoms. The Labute approximate surface area is 105 Å². The highest BCUT2D eigenvalue weighted by Crippen LogP contribution is 2.38. The summed E-state index contributed by atoms with van der Waals surface area (Å²) in [7, 11) is 1.54. The topological polar surface area (TPSA) is 63.9 Å². The monoisotopic (exact) mass is 249 g/mol. The molecule has 0 unspecified atom stereocenters. The van der Waals surface area contributed by atoms with E-state index < -0.39 is 0 Å². The summed E-state index contributed by atoms with van der Waals surface area (Å²) in [6, 6.07) is 4.35. The molecule has 96 valence electrons. The van der Waals surface area contributed by atoms with Crippen LogP contribution >= 0.6 is 0 Å². The Bertz CT molecular complexity index is 563. The van der Waals surface area contributed by atoms with Gasteiger partial charge in [0.15, 0.2) is 5.82 Å². The van der Waals surface area contributed by atoms with Gasteiger partial charge in [-0.05, 0) is 24.1 Å². The molecule has 0 bridgehead atoms. The third kappa shape index (κ3) is 2.03. The molecule has 0 aliphatic rings. The summed E-state index contributed by atoms with van der Waals surface area (Å²) in [4.78, 5) is 0. The second kappa shape index (κ2) is 4.68. The fraction of sp³-hybridized carbons (Fsp3) is 0.308. The van der Waals surface area contributed by atoms with E-state index >= 15 is 0 Å². The quantitative estimate of drug-likeness (QED) is 0.879. The minimum Gasteiger partial charge on any atom is -0.496 e. The highest BCUT2D eigenvalue weighted by atomic mass is 19.1. The van der Waals surface area contributed by atoms with Gasteiger partial charge in [-0.25, -0.2) is 4.39 Å². The number of nitrogens with zero attached hydrogens (tertiary/aromatic N) is 1. The highest BCUT2D eigenvalue weighted by Gasteiger charge is 2.19. The molecule has 2 rings (SSSR count). The fourth-order valence-corrected chi connectivity index (χ4v) is 1.95. The lowest BCUT2D eigenvalue weighted by Crippen LogP contribution is -1.96. The lowest BCUT2D eigenvalue weighted by Gasteiger charge is -2.11. The highest BCUT2D eigenvalue weighted by molar-refractivity contribution is 5.81. The summed E-state index contributed by atoms with van der Waals surface area (Å²) < 4.78 is 18.7. The molecular formula is C13H16FN3O. The number of ether oxygens (including phenoxy) is 1. The molecule has 0 saturated heterocycles. The van der Waals surface area contributed by atoms with Crippen LogP contribution in [-0.4, -0.2) is 17.3 Å². The lowest BCUT2D eigenvalue weighted by atomic mass is 9.98. The van der Waals surface area contributed by atoms with E-state index in [4.69, 9.17) is 10.5 Å². The van der Waals surface area contributed by atoms with Crippen LogP contribution < -0.4 is 10.5 Å². The van der Waals surface area contributed by atoms with Crippen molar-refractivity contribution in [3.05, 3.63) is 29.7 Å². The van der Waals surface area contributed by atoms with Crippen LogP contribution in [0.3, 0.4) is 0 Å². The molecule has 0 radical (unpaired) electrons. The number of rotatable bonds is 3. The van der Waals surface area contributed by atoms with E-state index in [1.807, 2.05) is 13.8 Å². The number of nitrogens with one attached hydrogen (secondary N) is 1. The molecule has 1 aromatic heterocycles. The fourth-order valence-electron chi connectivity index (χ4n) is 1.95. The summed E-state index contributed by atoms with van der Waals surface area (Å²) in [6.07, 6.45) is 0. The Balaban J connectivity index is 2.68. The van der Waals surface area contributed by atoms with E-state index in [0.29, 0.717) is 22.7 Å². The van der Waals surface area contributed by atoms with Crippen LogP contribution in [0.1, 0.15) is 25.5 Å². The molecule has 5 heteroatoms. The molecule has 0 saturated carbocycles. The zero-order valence-corrected chi connectivity index (χ0v) is 10.6. The van der Waals surface area contributed by atoms with E-state index in [2.05, 4.69) is 10.2 Å². The van der Waals surface area contributed by atoms with Crippen LogP contribution in [-0.2, 0) is 0 Å². The number of H-pyrrole nitrogens is 1. The van der Waals surface area contributed by atoms with Crippen molar-refractivity contribution in [2.45, 2.75) is 19.8 Å². The zero-order valence-electron chi connectivity index (χ0n) is 10.6. The molecule has 1 heterocycles. The van der Waals surface area contributed by atoms with Crippen LogP contribution in [0.4, 0.5) is 10.2 Å². The van der Waals surface area contributed by atoms with Gasteiger partial charge in [0.25, 0.3) is 0 Å². The van der Waals surface area contributed by atoms with Crippen molar-refractivity contribution in [2.75, 3.05) is 12.8 Å². The Morgan fingerprint density at radius 1 is 1.39 bits per heavy atom. The number of aromatic nitrogens is 2. The number of anilines is 1. The van der Waals surface area contributed by atoms with E-state index in [0.717, 1.165) is 5.69 Å². The number of methoxy groups -OCH3 is 1. The predicted octanol–water partition coefficient (Wildman–Crippen LogP) is 2.93. The maximum absolute atomic E-state index is 13.4. The van der Waals surface area contributed by atoms with Gasteiger partial charge < -0.3 is 10.5 Å². The van der Waals surface area contributed by atoms with Crippen molar-refractivity contribution >= 4 is 5.82 Å². The third-order valence-electron chi connectivity index (χ3n) is 2.83. The van der Waals surface area contributed by atoms with Crippen LogP contribution in [0.25, 0.3) is 11.1 Å². The third-order valence-corrected chi connectivity index (χ3v) is 2.83. The average Bonchev–Trinajstić information content (AvgIpc) is 2.71. The lowest BCUT2D eigenvalue weighted by molar-refractivity contribution is 0.415. The van der Waals surface area contributed by atoms with Crippen LogP contribution in [0.15, 0.2) is 18.2 Å².